The SMILES string of the molecule is CC(C)(C)c1cc2c(c([N+](=O)[O-])c1)CC(Br)(Sc1nnnn1-c1ccccc1)C2=NO. The molecule has 31 heavy (non-hydrogen) atoms. The Labute approximate surface area is 190 Å². The van der Waals surface area contributed by atoms with Gasteiger partial charge in [0.15, 0.2) is 0 Å². The zero-order valence-corrected chi connectivity index (χ0v) is 19.4. The molecule has 9 nitrogen and oxygen atoms in total. The smallest absolute Gasteiger partial charge is 0.273 e. The van der Waals surface area contributed by atoms with Crippen molar-refractivity contribution in [2.45, 2.75) is 41.4 Å². The van der Waals surface area contributed by atoms with Crippen molar-refractivity contribution in [1.29, 1.82) is 0 Å². The van der Waals surface area contributed by atoms with Crippen LogP contribution in [0, 0.1) is 10.1 Å². The number of nitrogens with zero attached hydrogens (tertiary/aromatic N) is 6. The molecular formula is C20H19BrN6O3S. The Morgan fingerprint density at radius 1 is 1.29 bits per heavy atom. The van der Waals surface area contributed by atoms with Crippen LogP contribution in [0.2, 0.25) is 0 Å². The molecule has 0 radical (unpaired) electrons. The van der Waals surface area contributed by atoms with Crippen LogP contribution in [-0.2, 0) is 11.8 Å². The first kappa shape index (κ1) is 21.4. The molecule has 1 aliphatic rings. The molecule has 3 aromatic rings. The van der Waals surface area contributed by atoms with Gasteiger partial charge in [-0.1, -0.05) is 71.8 Å². The maximum atomic E-state index is 11.8. The van der Waals surface area contributed by atoms with Crippen LogP contribution in [0.15, 0.2) is 52.8 Å². The van der Waals surface area contributed by atoms with Crippen molar-refractivity contribution in [3.63, 3.8) is 0 Å². The Morgan fingerprint density at radius 2 is 2.00 bits per heavy atom. The molecule has 1 N–H and O–H groups in total. The molecule has 160 valence electrons. The molecule has 1 aliphatic carbocycles. The van der Waals surface area contributed by atoms with E-state index in [1.165, 1.54) is 11.8 Å². The van der Waals surface area contributed by atoms with E-state index in [-0.39, 0.29) is 22.4 Å². The minimum atomic E-state index is -0.980. The summed E-state index contributed by atoms with van der Waals surface area (Å²) in [5, 5.41) is 37.7. The van der Waals surface area contributed by atoms with Crippen molar-refractivity contribution in [3.05, 3.63) is 69.3 Å². The molecule has 1 atom stereocenters. The second kappa shape index (κ2) is 7.72. The number of nitro benzene ring substituents is 1. The maximum Gasteiger partial charge on any atom is 0.273 e. The summed E-state index contributed by atoms with van der Waals surface area (Å²) in [6, 6.07) is 12.8. The third-order valence-electron chi connectivity index (χ3n) is 5.10. The maximum absolute atomic E-state index is 11.8. The third kappa shape index (κ3) is 3.83. The summed E-state index contributed by atoms with van der Waals surface area (Å²) in [4.78, 5) is 11.5. The van der Waals surface area contributed by atoms with Gasteiger partial charge in [0, 0.05) is 23.6 Å². The van der Waals surface area contributed by atoms with Crippen molar-refractivity contribution >= 4 is 39.1 Å². The molecule has 1 aromatic heterocycles. The Morgan fingerprint density at radius 3 is 2.61 bits per heavy atom. The monoisotopic (exact) mass is 502 g/mol. The number of nitro groups is 1. The molecule has 2 aromatic carbocycles. The van der Waals surface area contributed by atoms with Crippen LogP contribution in [-0.4, -0.2) is 39.7 Å². The molecule has 1 heterocycles. The highest BCUT2D eigenvalue weighted by Gasteiger charge is 2.48. The molecule has 0 saturated heterocycles. The van der Waals surface area contributed by atoms with Gasteiger partial charge in [0.05, 0.1) is 10.6 Å². The number of hydrogen-bond acceptors (Lipinski definition) is 8. The average molecular weight is 503 g/mol. The second-order valence-electron chi connectivity index (χ2n) is 8.19. The first-order valence-electron chi connectivity index (χ1n) is 9.40. The number of benzene rings is 2. The van der Waals surface area contributed by atoms with Crippen LogP contribution in [0.3, 0.4) is 0 Å². The number of thioether (sulfide) groups is 1. The minimum Gasteiger partial charge on any atom is -0.411 e. The summed E-state index contributed by atoms with van der Waals surface area (Å²) in [5.74, 6) is 0. The molecular weight excluding hydrogens is 484 g/mol. The number of fused-ring (bicyclic) bond motifs is 1. The lowest BCUT2D eigenvalue weighted by Gasteiger charge is -2.21. The Hall–Kier alpha value is -2.79. The van der Waals surface area contributed by atoms with Crippen LogP contribution in [0.25, 0.3) is 5.69 Å². The summed E-state index contributed by atoms with van der Waals surface area (Å²) in [7, 11) is 0. The molecule has 0 aliphatic heterocycles. The highest BCUT2D eigenvalue weighted by molar-refractivity contribution is 9.12. The molecule has 4 rings (SSSR count). The van der Waals surface area contributed by atoms with Gasteiger partial charge in [-0.3, -0.25) is 10.1 Å². The van der Waals surface area contributed by atoms with Crippen molar-refractivity contribution in [3.8, 4) is 5.69 Å². The molecule has 0 fully saturated rings. The number of halogens is 1. The van der Waals surface area contributed by atoms with Gasteiger partial charge in [0.2, 0.25) is 5.16 Å². The standard InChI is InChI=1S/C20H19BrN6O3S/c1-19(2,3)12-9-14-15(16(10-12)27(29)30)11-20(21,17(14)23-28)31-18-22-24-25-26(18)13-7-5-4-6-8-13/h4-10,28H,11H2,1-3H3. The number of aromatic nitrogens is 4. The van der Waals surface area contributed by atoms with Gasteiger partial charge in [0.25, 0.3) is 5.69 Å². The number of alkyl halides is 1. The Bertz CT molecular complexity index is 1190. The van der Waals surface area contributed by atoms with Crippen LogP contribution in [0.1, 0.15) is 37.5 Å². The van der Waals surface area contributed by atoms with Crippen molar-refractivity contribution in [2.24, 2.45) is 5.16 Å². The number of para-hydroxylation sites is 1. The minimum absolute atomic E-state index is 0.00755. The first-order chi connectivity index (χ1) is 14.6. The number of rotatable bonds is 4. The van der Waals surface area contributed by atoms with E-state index in [1.54, 1.807) is 10.7 Å². The van der Waals surface area contributed by atoms with E-state index in [0.717, 1.165) is 11.3 Å². The first-order valence-corrected chi connectivity index (χ1v) is 11.0. The van der Waals surface area contributed by atoms with E-state index in [4.69, 9.17) is 0 Å². The van der Waals surface area contributed by atoms with Crippen molar-refractivity contribution in [1.82, 2.24) is 20.2 Å². The largest absolute Gasteiger partial charge is 0.411 e. The zero-order valence-electron chi connectivity index (χ0n) is 17.0. The molecule has 1 unspecified atom stereocenters. The van der Waals surface area contributed by atoms with E-state index < -0.39 is 3.66 Å². The lowest BCUT2D eigenvalue weighted by Crippen LogP contribution is -2.26. The third-order valence-corrected chi connectivity index (χ3v) is 7.34. The van der Waals surface area contributed by atoms with Crippen LogP contribution in [0.4, 0.5) is 5.69 Å². The highest BCUT2D eigenvalue weighted by Crippen LogP contribution is 2.51. The van der Waals surface area contributed by atoms with Gasteiger partial charge >= 0.3 is 0 Å². The van der Waals surface area contributed by atoms with Gasteiger partial charge in [0.1, 0.15) is 9.37 Å². The van der Waals surface area contributed by atoms with E-state index in [9.17, 15) is 15.3 Å². The fourth-order valence-electron chi connectivity index (χ4n) is 3.49. The van der Waals surface area contributed by atoms with Crippen molar-refractivity contribution < 1.29 is 10.1 Å². The van der Waals surface area contributed by atoms with Gasteiger partial charge in [-0.05, 0) is 39.6 Å². The van der Waals surface area contributed by atoms with E-state index in [1.807, 2.05) is 57.2 Å². The molecule has 0 amide bonds. The Balaban J connectivity index is 1.80. The zero-order chi connectivity index (χ0) is 22.4. The van der Waals surface area contributed by atoms with Crippen molar-refractivity contribution in [2.75, 3.05) is 0 Å². The van der Waals surface area contributed by atoms with Gasteiger partial charge in [-0.25, -0.2) is 0 Å². The van der Waals surface area contributed by atoms with Crippen LogP contribution < -0.4 is 0 Å². The summed E-state index contributed by atoms with van der Waals surface area (Å²) in [6.07, 6.45) is 0.231. The van der Waals surface area contributed by atoms with E-state index >= 15 is 0 Å². The fourth-order valence-corrected chi connectivity index (χ4v) is 5.56. The van der Waals surface area contributed by atoms with Crippen LogP contribution in [0.5, 0.6) is 0 Å². The van der Waals surface area contributed by atoms with E-state index in [2.05, 4.69) is 36.6 Å². The summed E-state index contributed by atoms with van der Waals surface area (Å²) in [6.45, 7) is 5.94. The van der Waals surface area contributed by atoms with Gasteiger partial charge < -0.3 is 5.21 Å². The number of tetrazole rings is 1. The normalized spacial score (nSPS) is 19.5. The molecule has 0 saturated carbocycles. The highest BCUT2D eigenvalue weighted by atomic mass is 79.9. The van der Waals surface area contributed by atoms with Gasteiger partial charge in [-0.15, -0.1) is 5.10 Å². The molecule has 0 spiro atoms. The Kier molecular flexibility index (Phi) is 5.34. The summed E-state index contributed by atoms with van der Waals surface area (Å²) in [5.41, 5.74) is 2.60. The lowest BCUT2D eigenvalue weighted by molar-refractivity contribution is -0.385. The molecule has 0 bridgehead atoms. The second-order valence-corrected chi connectivity index (χ2v) is 11.3. The van der Waals surface area contributed by atoms with Gasteiger partial charge in [-0.2, -0.15) is 4.68 Å². The lowest BCUT2D eigenvalue weighted by atomic mass is 9.85. The summed E-state index contributed by atoms with van der Waals surface area (Å²) >= 11 is 4.92. The quantitative estimate of drug-likeness (QED) is 0.241. The number of hydrogen-bond donors (Lipinski definition) is 1. The number of oxime groups is 1. The molecule has 11 heteroatoms. The predicted octanol–water partition coefficient (Wildman–Crippen LogP) is 4.49. The van der Waals surface area contributed by atoms with Crippen LogP contribution >= 0.6 is 27.7 Å². The average Bonchev–Trinajstić information content (AvgIpc) is 3.27. The van der Waals surface area contributed by atoms with E-state index in [0.29, 0.717) is 22.0 Å². The fraction of sp³-hybridized carbons (Fsp3) is 0.300. The topological polar surface area (TPSA) is 119 Å². The summed E-state index contributed by atoms with van der Waals surface area (Å²) < 4.78 is 0.591. The predicted molar refractivity (Wildman–Crippen MR) is 120 cm³/mol.